The molecule has 0 fully saturated rings. The Balaban J connectivity index is 1.48. The number of anilines is 2. The number of aromatic amines is 1. The molecule has 0 atom stereocenters. The quantitative estimate of drug-likeness (QED) is 0.338. The van der Waals surface area contributed by atoms with Gasteiger partial charge in [-0.3, -0.25) is 4.79 Å². The van der Waals surface area contributed by atoms with E-state index in [1.54, 1.807) is 6.20 Å². The maximum absolute atomic E-state index is 12.8. The number of hydrogen-bond donors (Lipinski definition) is 4. The highest BCUT2D eigenvalue weighted by molar-refractivity contribution is 9.10. The third-order valence-electron chi connectivity index (χ3n) is 4.40. The number of fused-ring (bicyclic) bond motifs is 1. The van der Waals surface area contributed by atoms with Gasteiger partial charge in [-0.25, -0.2) is 4.98 Å². The number of nitrogens with two attached hydrogens (primary N) is 1. The van der Waals surface area contributed by atoms with E-state index in [0.29, 0.717) is 18.0 Å². The lowest BCUT2D eigenvalue weighted by Gasteiger charge is -2.10. The van der Waals surface area contributed by atoms with E-state index in [-0.39, 0.29) is 5.91 Å². The molecular formula is C20H18BrN5OS. The average molecular weight is 456 g/mol. The molecule has 3 heterocycles. The zero-order chi connectivity index (χ0) is 19.5. The van der Waals surface area contributed by atoms with Crippen LogP contribution in [0.2, 0.25) is 0 Å². The summed E-state index contributed by atoms with van der Waals surface area (Å²) in [5.74, 6) is -0.150. The van der Waals surface area contributed by atoms with E-state index < -0.39 is 0 Å². The first-order valence-corrected chi connectivity index (χ1v) is 10.3. The van der Waals surface area contributed by atoms with E-state index in [4.69, 9.17) is 5.73 Å². The molecule has 0 saturated carbocycles. The maximum atomic E-state index is 12.8. The molecule has 8 heteroatoms. The largest absolute Gasteiger partial charge is 0.380 e. The monoisotopic (exact) mass is 455 g/mol. The van der Waals surface area contributed by atoms with Gasteiger partial charge in [0.05, 0.1) is 5.69 Å². The molecule has 0 spiro atoms. The molecule has 0 bridgehead atoms. The lowest BCUT2D eigenvalue weighted by atomic mass is 10.2. The molecule has 4 aromatic rings. The second kappa shape index (κ2) is 8.14. The van der Waals surface area contributed by atoms with E-state index in [0.717, 1.165) is 38.0 Å². The Morgan fingerprint density at radius 3 is 3.00 bits per heavy atom. The Hall–Kier alpha value is -2.68. The van der Waals surface area contributed by atoms with Crippen molar-refractivity contribution in [3.8, 4) is 0 Å². The van der Waals surface area contributed by atoms with Crippen LogP contribution in [0.1, 0.15) is 20.8 Å². The number of carbonyl (C=O) groups excluding carboxylic acids is 1. The van der Waals surface area contributed by atoms with Gasteiger partial charge in [0, 0.05) is 41.0 Å². The van der Waals surface area contributed by atoms with Crippen LogP contribution < -0.4 is 16.4 Å². The zero-order valence-electron chi connectivity index (χ0n) is 14.8. The van der Waals surface area contributed by atoms with E-state index in [1.807, 2.05) is 48.0 Å². The van der Waals surface area contributed by atoms with Crippen molar-refractivity contribution in [2.45, 2.75) is 13.1 Å². The molecule has 28 heavy (non-hydrogen) atoms. The number of halogens is 1. The zero-order valence-corrected chi connectivity index (χ0v) is 17.2. The predicted octanol–water partition coefficient (Wildman–Crippen LogP) is 4.71. The fourth-order valence-electron chi connectivity index (χ4n) is 2.97. The van der Waals surface area contributed by atoms with Gasteiger partial charge in [-0.15, -0.1) is 11.3 Å². The van der Waals surface area contributed by atoms with Gasteiger partial charge in [0.15, 0.2) is 0 Å². The van der Waals surface area contributed by atoms with Crippen LogP contribution in [0.25, 0.3) is 11.0 Å². The van der Waals surface area contributed by atoms with E-state index >= 15 is 0 Å². The standard InChI is InChI=1S/C20H18BrN5OS/c21-16-4-3-14(8-12(16)9-22)26-20(27)18-17(5-7-28-18)24-10-13-11-25-19-15(13)2-1-6-23-19/h1-8,11,24H,9-10,22H2,(H,23,25)(H,26,27). The number of rotatable bonds is 6. The summed E-state index contributed by atoms with van der Waals surface area (Å²) in [7, 11) is 0. The van der Waals surface area contributed by atoms with Crippen molar-refractivity contribution >= 4 is 55.6 Å². The SMILES string of the molecule is NCc1cc(NC(=O)c2sccc2NCc2c[nH]c3ncccc23)ccc1Br. The maximum Gasteiger partial charge on any atom is 0.267 e. The van der Waals surface area contributed by atoms with Crippen LogP contribution in [0.5, 0.6) is 0 Å². The minimum atomic E-state index is -0.150. The van der Waals surface area contributed by atoms with Crippen LogP contribution in [-0.4, -0.2) is 15.9 Å². The normalized spacial score (nSPS) is 10.9. The Morgan fingerprint density at radius 2 is 2.14 bits per heavy atom. The molecule has 0 radical (unpaired) electrons. The van der Waals surface area contributed by atoms with E-state index in [2.05, 4.69) is 36.5 Å². The number of aromatic nitrogens is 2. The van der Waals surface area contributed by atoms with Crippen molar-refractivity contribution in [2.24, 2.45) is 5.73 Å². The summed E-state index contributed by atoms with van der Waals surface area (Å²) in [5.41, 5.74) is 10.2. The first-order valence-electron chi connectivity index (χ1n) is 8.68. The highest BCUT2D eigenvalue weighted by atomic mass is 79.9. The van der Waals surface area contributed by atoms with Crippen LogP contribution in [-0.2, 0) is 13.1 Å². The second-order valence-corrected chi connectivity index (χ2v) is 7.97. The molecule has 1 amide bonds. The number of amides is 1. The topological polar surface area (TPSA) is 95.8 Å². The number of benzene rings is 1. The summed E-state index contributed by atoms with van der Waals surface area (Å²) < 4.78 is 0.930. The molecule has 0 aliphatic heterocycles. The number of thiophene rings is 1. The fourth-order valence-corrected chi connectivity index (χ4v) is 4.14. The van der Waals surface area contributed by atoms with Gasteiger partial charge in [0.2, 0.25) is 0 Å². The van der Waals surface area contributed by atoms with Crippen molar-refractivity contribution in [3.63, 3.8) is 0 Å². The highest BCUT2D eigenvalue weighted by Crippen LogP contribution is 2.26. The minimum absolute atomic E-state index is 0.150. The van der Waals surface area contributed by atoms with Crippen molar-refractivity contribution in [2.75, 3.05) is 10.6 Å². The number of carbonyl (C=O) groups is 1. The second-order valence-electron chi connectivity index (χ2n) is 6.19. The highest BCUT2D eigenvalue weighted by Gasteiger charge is 2.14. The lowest BCUT2D eigenvalue weighted by Crippen LogP contribution is -2.13. The summed E-state index contributed by atoms with van der Waals surface area (Å²) in [6.45, 7) is 0.994. The molecule has 6 nitrogen and oxygen atoms in total. The van der Waals surface area contributed by atoms with E-state index in [9.17, 15) is 4.79 Å². The number of pyridine rings is 1. The third-order valence-corrected chi connectivity index (χ3v) is 6.09. The molecule has 0 unspecified atom stereocenters. The number of H-pyrrole nitrogens is 1. The van der Waals surface area contributed by atoms with Crippen LogP contribution in [0.15, 0.2) is 58.6 Å². The summed E-state index contributed by atoms with van der Waals surface area (Å²) >= 11 is 4.86. The Labute approximate surface area is 174 Å². The Kier molecular flexibility index (Phi) is 5.43. The van der Waals surface area contributed by atoms with E-state index in [1.165, 1.54) is 11.3 Å². The first-order chi connectivity index (χ1) is 13.7. The average Bonchev–Trinajstić information content (AvgIpc) is 3.34. The van der Waals surface area contributed by atoms with Gasteiger partial charge in [0.25, 0.3) is 5.91 Å². The first kappa shape index (κ1) is 18.7. The van der Waals surface area contributed by atoms with Gasteiger partial charge in [-0.1, -0.05) is 15.9 Å². The van der Waals surface area contributed by atoms with Crippen molar-refractivity contribution in [3.05, 3.63) is 74.6 Å². The number of hydrogen-bond acceptors (Lipinski definition) is 5. The summed E-state index contributed by atoms with van der Waals surface area (Å²) in [6.07, 6.45) is 3.70. The molecule has 0 saturated heterocycles. The van der Waals surface area contributed by atoms with Crippen molar-refractivity contribution in [1.29, 1.82) is 0 Å². The fraction of sp³-hybridized carbons (Fsp3) is 0.100. The summed E-state index contributed by atoms with van der Waals surface area (Å²) in [6, 6.07) is 11.5. The van der Waals surface area contributed by atoms with Gasteiger partial charge in [-0.05, 0) is 52.9 Å². The third kappa shape index (κ3) is 3.80. The van der Waals surface area contributed by atoms with Crippen LogP contribution in [0.4, 0.5) is 11.4 Å². The minimum Gasteiger partial charge on any atom is -0.380 e. The molecule has 0 aliphatic rings. The molecule has 5 N–H and O–H groups in total. The number of nitrogens with one attached hydrogen (secondary N) is 3. The van der Waals surface area contributed by atoms with Crippen LogP contribution in [0.3, 0.4) is 0 Å². The molecule has 142 valence electrons. The Bertz CT molecular complexity index is 1140. The molecule has 1 aromatic carbocycles. The summed E-state index contributed by atoms with van der Waals surface area (Å²) in [5, 5.41) is 9.28. The molecule has 0 aliphatic carbocycles. The van der Waals surface area contributed by atoms with Gasteiger partial charge >= 0.3 is 0 Å². The summed E-state index contributed by atoms with van der Waals surface area (Å²) in [4.78, 5) is 20.9. The van der Waals surface area contributed by atoms with Gasteiger partial charge < -0.3 is 21.4 Å². The number of nitrogens with zero attached hydrogens (tertiary/aromatic N) is 1. The lowest BCUT2D eigenvalue weighted by molar-refractivity contribution is 0.103. The van der Waals surface area contributed by atoms with Gasteiger partial charge in [0.1, 0.15) is 10.5 Å². The van der Waals surface area contributed by atoms with Crippen LogP contribution >= 0.6 is 27.3 Å². The predicted molar refractivity (Wildman–Crippen MR) is 118 cm³/mol. The molecule has 3 aromatic heterocycles. The Morgan fingerprint density at radius 1 is 1.25 bits per heavy atom. The van der Waals surface area contributed by atoms with Gasteiger partial charge in [-0.2, -0.15) is 0 Å². The smallest absolute Gasteiger partial charge is 0.267 e. The van der Waals surface area contributed by atoms with Crippen molar-refractivity contribution in [1.82, 2.24) is 9.97 Å². The van der Waals surface area contributed by atoms with Crippen molar-refractivity contribution < 1.29 is 4.79 Å². The van der Waals surface area contributed by atoms with Crippen LogP contribution in [0, 0.1) is 0 Å². The molecule has 4 rings (SSSR count). The molecular weight excluding hydrogens is 438 g/mol.